The average Bonchev–Trinajstić information content (AvgIpc) is 2.71. The van der Waals surface area contributed by atoms with E-state index in [1.165, 1.54) is 6.07 Å². The second-order valence-corrected chi connectivity index (χ2v) is 3.96. The van der Waals surface area contributed by atoms with Gasteiger partial charge < -0.3 is 4.98 Å². The molecule has 0 fully saturated rings. The molecule has 1 heterocycles. The highest BCUT2D eigenvalue weighted by atomic mass is 35.5. The number of alkyl halides is 1. The van der Waals surface area contributed by atoms with E-state index in [9.17, 15) is 9.18 Å². The van der Waals surface area contributed by atoms with Gasteiger partial charge in [0.2, 0.25) is 0 Å². The molecule has 0 saturated carbocycles. The van der Waals surface area contributed by atoms with Gasteiger partial charge in [0.05, 0.1) is 0 Å². The summed E-state index contributed by atoms with van der Waals surface area (Å²) in [5.74, 6) is 0.00121. The number of H-pyrrole nitrogens is 1. The molecule has 0 aliphatic carbocycles. The third-order valence-corrected chi connectivity index (χ3v) is 2.76. The third kappa shape index (κ3) is 1.95. The summed E-state index contributed by atoms with van der Waals surface area (Å²) < 4.78 is 13.6. The predicted molar refractivity (Wildman–Crippen MR) is 62.5 cm³/mol. The Kier molecular flexibility index (Phi) is 3.25. The minimum Gasteiger partial charge on any atom is -0.360 e. The van der Waals surface area contributed by atoms with Crippen molar-refractivity contribution in [3.8, 4) is 0 Å². The molecular formula is C12H11ClFNO. The standard InChI is InChI=1S/C12H11ClFNO/c13-6-2-5-11(16)8-7-15-10-4-1-3-9(14)12(8)10/h1,3-4,7,15H,2,5-6H2. The highest BCUT2D eigenvalue weighted by Gasteiger charge is 2.14. The number of rotatable bonds is 4. The van der Waals surface area contributed by atoms with E-state index in [4.69, 9.17) is 11.6 Å². The van der Waals surface area contributed by atoms with E-state index < -0.39 is 0 Å². The zero-order chi connectivity index (χ0) is 11.5. The lowest BCUT2D eigenvalue weighted by molar-refractivity contribution is 0.0983. The van der Waals surface area contributed by atoms with Crippen molar-refractivity contribution in [1.82, 2.24) is 4.98 Å². The molecule has 0 aliphatic heterocycles. The molecule has 0 radical (unpaired) electrons. The van der Waals surface area contributed by atoms with E-state index in [1.54, 1.807) is 18.3 Å². The van der Waals surface area contributed by atoms with Crippen molar-refractivity contribution in [2.75, 3.05) is 5.88 Å². The third-order valence-electron chi connectivity index (χ3n) is 2.49. The molecule has 0 saturated heterocycles. The van der Waals surface area contributed by atoms with Gasteiger partial charge in [-0.15, -0.1) is 11.6 Å². The summed E-state index contributed by atoms with van der Waals surface area (Å²) in [5, 5.41) is 0.377. The summed E-state index contributed by atoms with van der Waals surface area (Å²) in [7, 11) is 0. The highest BCUT2D eigenvalue weighted by molar-refractivity contribution is 6.18. The van der Waals surface area contributed by atoms with E-state index in [1.807, 2.05) is 0 Å². The summed E-state index contributed by atoms with van der Waals surface area (Å²) >= 11 is 5.52. The van der Waals surface area contributed by atoms with Crippen LogP contribution in [0.1, 0.15) is 23.2 Å². The van der Waals surface area contributed by atoms with Crippen LogP contribution in [0.5, 0.6) is 0 Å². The van der Waals surface area contributed by atoms with Crippen molar-refractivity contribution < 1.29 is 9.18 Å². The first kappa shape index (κ1) is 11.1. The van der Waals surface area contributed by atoms with Gasteiger partial charge >= 0.3 is 0 Å². The minimum atomic E-state index is -0.368. The van der Waals surface area contributed by atoms with Gasteiger partial charge in [0.15, 0.2) is 5.78 Å². The zero-order valence-corrected chi connectivity index (χ0v) is 9.35. The Morgan fingerprint density at radius 1 is 1.44 bits per heavy atom. The number of hydrogen-bond acceptors (Lipinski definition) is 1. The van der Waals surface area contributed by atoms with Crippen LogP contribution >= 0.6 is 11.6 Å². The Morgan fingerprint density at radius 3 is 3.00 bits per heavy atom. The maximum Gasteiger partial charge on any atom is 0.165 e. The van der Waals surface area contributed by atoms with E-state index in [2.05, 4.69) is 4.98 Å². The van der Waals surface area contributed by atoms with Crippen molar-refractivity contribution in [1.29, 1.82) is 0 Å². The summed E-state index contributed by atoms with van der Waals surface area (Å²) in [6.45, 7) is 0. The van der Waals surface area contributed by atoms with Gasteiger partial charge in [0.1, 0.15) is 5.82 Å². The van der Waals surface area contributed by atoms with Crippen molar-refractivity contribution in [3.05, 3.63) is 35.8 Å². The number of nitrogens with one attached hydrogen (secondary N) is 1. The minimum absolute atomic E-state index is 0.0722. The quantitative estimate of drug-likeness (QED) is 0.643. The Hall–Kier alpha value is -1.35. The maximum atomic E-state index is 13.6. The van der Waals surface area contributed by atoms with Crippen molar-refractivity contribution in [2.24, 2.45) is 0 Å². The molecule has 0 unspecified atom stereocenters. The van der Waals surface area contributed by atoms with Crippen molar-refractivity contribution >= 4 is 28.3 Å². The molecule has 2 aromatic rings. The van der Waals surface area contributed by atoms with Gasteiger partial charge in [-0.05, 0) is 18.6 Å². The first-order valence-corrected chi connectivity index (χ1v) is 5.62. The number of aromatic nitrogens is 1. The summed E-state index contributed by atoms with van der Waals surface area (Å²) in [6, 6.07) is 4.71. The van der Waals surface area contributed by atoms with Crippen LogP contribution in [0, 0.1) is 5.82 Å². The SMILES string of the molecule is O=C(CCCCl)c1c[nH]c2cccc(F)c12. The Morgan fingerprint density at radius 2 is 2.25 bits per heavy atom. The largest absolute Gasteiger partial charge is 0.360 e. The molecular weight excluding hydrogens is 229 g/mol. The van der Waals surface area contributed by atoms with Gasteiger partial charge in [-0.2, -0.15) is 0 Å². The summed E-state index contributed by atoms with van der Waals surface area (Å²) in [5.41, 5.74) is 1.06. The molecule has 0 spiro atoms. The topological polar surface area (TPSA) is 32.9 Å². The molecule has 4 heteroatoms. The van der Waals surface area contributed by atoms with Crippen LogP contribution in [0.25, 0.3) is 10.9 Å². The molecule has 84 valence electrons. The first-order valence-electron chi connectivity index (χ1n) is 5.09. The highest BCUT2D eigenvalue weighted by Crippen LogP contribution is 2.22. The van der Waals surface area contributed by atoms with Crippen LogP contribution in [0.4, 0.5) is 4.39 Å². The zero-order valence-electron chi connectivity index (χ0n) is 8.59. The van der Waals surface area contributed by atoms with Crippen LogP contribution in [-0.2, 0) is 0 Å². The number of aromatic amines is 1. The van der Waals surface area contributed by atoms with Gasteiger partial charge in [-0.1, -0.05) is 6.07 Å². The fourth-order valence-electron chi connectivity index (χ4n) is 1.72. The fourth-order valence-corrected chi connectivity index (χ4v) is 1.86. The number of ketones is 1. The molecule has 1 aromatic carbocycles. The molecule has 2 rings (SSSR count). The summed E-state index contributed by atoms with van der Waals surface area (Å²) in [4.78, 5) is 14.7. The molecule has 2 nitrogen and oxygen atoms in total. The Labute approximate surface area is 97.4 Å². The van der Waals surface area contributed by atoms with Gasteiger partial charge in [0.25, 0.3) is 0 Å². The smallest absolute Gasteiger partial charge is 0.165 e. The molecule has 16 heavy (non-hydrogen) atoms. The van der Waals surface area contributed by atoms with Crippen molar-refractivity contribution in [2.45, 2.75) is 12.8 Å². The number of fused-ring (bicyclic) bond motifs is 1. The normalized spacial score (nSPS) is 10.9. The van der Waals surface area contributed by atoms with Crippen LogP contribution in [0.3, 0.4) is 0 Å². The second kappa shape index (κ2) is 4.66. The second-order valence-electron chi connectivity index (χ2n) is 3.58. The van der Waals surface area contributed by atoms with Crippen molar-refractivity contribution in [3.63, 3.8) is 0 Å². The molecule has 0 bridgehead atoms. The number of halogens is 2. The van der Waals surface area contributed by atoms with Crippen LogP contribution in [-0.4, -0.2) is 16.6 Å². The molecule has 0 amide bonds. The molecule has 1 N–H and O–H groups in total. The molecule has 0 atom stereocenters. The van der Waals surface area contributed by atoms with E-state index in [0.717, 1.165) is 0 Å². The van der Waals surface area contributed by atoms with Gasteiger partial charge in [0, 0.05) is 35.0 Å². The Bertz CT molecular complexity index is 521. The number of benzene rings is 1. The lowest BCUT2D eigenvalue weighted by atomic mass is 10.1. The van der Waals surface area contributed by atoms with E-state index in [0.29, 0.717) is 35.2 Å². The van der Waals surface area contributed by atoms with E-state index >= 15 is 0 Å². The molecule has 1 aromatic heterocycles. The van der Waals surface area contributed by atoms with Gasteiger partial charge in [-0.3, -0.25) is 4.79 Å². The lowest BCUT2D eigenvalue weighted by Gasteiger charge is -1.98. The fraction of sp³-hybridized carbons (Fsp3) is 0.250. The first-order chi connectivity index (χ1) is 7.74. The molecule has 0 aliphatic rings. The Balaban J connectivity index is 2.41. The lowest BCUT2D eigenvalue weighted by Crippen LogP contribution is -1.98. The number of Topliss-reactive ketones (excluding diaryl/α,β-unsaturated/α-hetero) is 1. The van der Waals surface area contributed by atoms with Crippen LogP contribution < -0.4 is 0 Å². The predicted octanol–water partition coefficient (Wildman–Crippen LogP) is 3.51. The summed E-state index contributed by atoms with van der Waals surface area (Å²) in [6.07, 6.45) is 2.52. The average molecular weight is 240 g/mol. The van der Waals surface area contributed by atoms with E-state index in [-0.39, 0.29) is 11.6 Å². The monoisotopic (exact) mass is 239 g/mol. The van der Waals surface area contributed by atoms with Crippen LogP contribution in [0.15, 0.2) is 24.4 Å². The number of carbonyl (C=O) groups is 1. The number of carbonyl (C=O) groups excluding carboxylic acids is 1. The number of hydrogen-bond donors (Lipinski definition) is 1. The van der Waals surface area contributed by atoms with Gasteiger partial charge in [-0.25, -0.2) is 4.39 Å². The maximum absolute atomic E-state index is 13.6. The van der Waals surface area contributed by atoms with Crippen LogP contribution in [0.2, 0.25) is 0 Å².